The Kier molecular flexibility index (Phi) is 2.75. The fourth-order valence-electron chi connectivity index (χ4n) is 2.30. The lowest BCUT2D eigenvalue weighted by Gasteiger charge is -2.18. The first-order chi connectivity index (χ1) is 9.20. The van der Waals surface area contributed by atoms with Crippen LogP contribution in [0.4, 0.5) is 0 Å². The normalized spacial score (nSPS) is 15.8. The molecule has 1 saturated carbocycles. The van der Waals surface area contributed by atoms with Crippen molar-refractivity contribution < 1.29 is 9.90 Å². The Bertz CT molecular complexity index is 603. The minimum absolute atomic E-state index is 0.109. The van der Waals surface area contributed by atoms with Crippen molar-refractivity contribution in [1.82, 2.24) is 5.32 Å². The van der Waals surface area contributed by atoms with Crippen LogP contribution in [-0.4, -0.2) is 11.0 Å². The topological polar surface area (TPSA) is 49.3 Å². The molecule has 3 nitrogen and oxygen atoms in total. The summed E-state index contributed by atoms with van der Waals surface area (Å²) in [5, 5.41) is 12.5. The van der Waals surface area contributed by atoms with Crippen molar-refractivity contribution in [2.75, 3.05) is 0 Å². The highest BCUT2D eigenvalue weighted by atomic mass is 16.3. The van der Waals surface area contributed by atoms with E-state index in [0.29, 0.717) is 5.56 Å². The molecule has 0 radical (unpaired) electrons. The maximum absolute atomic E-state index is 12.2. The first-order valence-corrected chi connectivity index (χ1v) is 6.37. The monoisotopic (exact) mass is 253 g/mol. The van der Waals surface area contributed by atoms with Crippen molar-refractivity contribution in [3.8, 4) is 5.75 Å². The van der Waals surface area contributed by atoms with Gasteiger partial charge in [-0.05, 0) is 36.6 Å². The highest BCUT2D eigenvalue weighted by Gasteiger charge is 2.45. The van der Waals surface area contributed by atoms with Crippen LogP contribution in [0.1, 0.15) is 28.8 Å². The highest BCUT2D eigenvalue weighted by molar-refractivity contribution is 5.95. The second kappa shape index (κ2) is 4.43. The zero-order valence-corrected chi connectivity index (χ0v) is 10.5. The van der Waals surface area contributed by atoms with E-state index in [-0.39, 0.29) is 17.2 Å². The maximum atomic E-state index is 12.2. The van der Waals surface area contributed by atoms with Crippen LogP contribution >= 0.6 is 0 Å². The second-order valence-corrected chi connectivity index (χ2v) is 4.95. The predicted molar refractivity (Wildman–Crippen MR) is 72.9 cm³/mol. The van der Waals surface area contributed by atoms with Crippen LogP contribution in [0.2, 0.25) is 0 Å². The average molecular weight is 253 g/mol. The maximum Gasteiger partial charge on any atom is 0.252 e. The van der Waals surface area contributed by atoms with Crippen molar-refractivity contribution in [1.29, 1.82) is 0 Å². The van der Waals surface area contributed by atoms with E-state index >= 15 is 0 Å². The van der Waals surface area contributed by atoms with E-state index in [4.69, 9.17) is 0 Å². The summed E-state index contributed by atoms with van der Waals surface area (Å²) in [5.74, 6) is -0.0329. The van der Waals surface area contributed by atoms with Gasteiger partial charge in [0.2, 0.25) is 0 Å². The Balaban J connectivity index is 1.81. The number of phenolic OH excluding ortho intramolecular Hbond substituents is 1. The number of carbonyl (C=O) groups is 1. The van der Waals surface area contributed by atoms with Gasteiger partial charge in [-0.1, -0.05) is 36.4 Å². The van der Waals surface area contributed by atoms with Crippen molar-refractivity contribution in [2.45, 2.75) is 18.4 Å². The minimum Gasteiger partial charge on any atom is -0.508 e. The third-order valence-electron chi connectivity index (χ3n) is 3.54. The smallest absolute Gasteiger partial charge is 0.252 e. The van der Waals surface area contributed by atoms with Gasteiger partial charge in [-0.15, -0.1) is 0 Å². The summed E-state index contributed by atoms with van der Waals surface area (Å²) < 4.78 is 0. The molecule has 2 N–H and O–H groups in total. The molecular weight excluding hydrogens is 238 g/mol. The molecule has 0 heterocycles. The number of nitrogens with one attached hydrogen (secondary N) is 1. The number of rotatable bonds is 3. The largest absolute Gasteiger partial charge is 0.508 e. The van der Waals surface area contributed by atoms with Gasteiger partial charge in [-0.2, -0.15) is 0 Å². The number of carbonyl (C=O) groups excluding carboxylic acids is 1. The molecule has 0 spiro atoms. The average Bonchev–Trinajstić information content (AvgIpc) is 3.21. The number of phenols is 1. The summed E-state index contributed by atoms with van der Waals surface area (Å²) in [6, 6.07) is 16.4. The molecule has 0 atom stereocenters. The first-order valence-electron chi connectivity index (χ1n) is 6.37. The fraction of sp³-hybridized carbons (Fsp3) is 0.188. The Hall–Kier alpha value is -2.29. The van der Waals surface area contributed by atoms with Gasteiger partial charge in [0.25, 0.3) is 5.91 Å². The molecule has 3 heteroatoms. The number of aromatic hydroxyl groups is 1. The van der Waals surface area contributed by atoms with Crippen LogP contribution < -0.4 is 5.32 Å². The Morgan fingerprint density at radius 2 is 1.79 bits per heavy atom. The van der Waals surface area contributed by atoms with Gasteiger partial charge >= 0.3 is 0 Å². The number of hydrogen-bond donors (Lipinski definition) is 2. The molecule has 1 aliphatic carbocycles. The van der Waals surface area contributed by atoms with Crippen molar-refractivity contribution in [2.24, 2.45) is 0 Å². The van der Waals surface area contributed by atoms with Crippen LogP contribution in [0.25, 0.3) is 0 Å². The Morgan fingerprint density at radius 3 is 2.42 bits per heavy atom. The van der Waals surface area contributed by atoms with Gasteiger partial charge in [-0.25, -0.2) is 0 Å². The summed E-state index contributed by atoms with van der Waals surface area (Å²) >= 11 is 0. The summed E-state index contributed by atoms with van der Waals surface area (Å²) in [4.78, 5) is 12.2. The standard InChI is InChI=1S/C16H15NO2/c18-14-8-4-5-12(11-14)15(19)17-16(9-10-16)13-6-2-1-3-7-13/h1-8,11,18H,9-10H2,(H,17,19). The van der Waals surface area contributed by atoms with Gasteiger partial charge in [-0.3, -0.25) is 4.79 Å². The van der Waals surface area contributed by atoms with Crippen LogP contribution in [0.15, 0.2) is 54.6 Å². The number of amides is 1. The van der Waals surface area contributed by atoms with Gasteiger partial charge in [0.15, 0.2) is 0 Å². The van der Waals surface area contributed by atoms with E-state index in [0.717, 1.165) is 18.4 Å². The Morgan fingerprint density at radius 1 is 1.05 bits per heavy atom. The summed E-state index contributed by atoms with van der Waals surface area (Å²) in [6.45, 7) is 0. The van der Waals surface area contributed by atoms with Crippen molar-refractivity contribution >= 4 is 5.91 Å². The van der Waals surface area contributed by atoms with E-state index < -0.39 is 0 Å². The molecule has 0 aliphatic heterocycles. The lowest BCUT2D eigenvalue weighted by Crippen LogP contribution is -2.34. The molecule has 2 aromatic carbocycles. The van der Waals surface area contributed by atoms with Gasteiger partial charge < -0.3 is 10.4 Å². The summed E-state index contributed by atoms with van der Waals surface area (Å²) in [5.41, 5.74) is 1.41. The predicted octanol–water partition coefficient (Wildman–Crippen LogP) is 2.81. The van der Waals surface area contributed by atoms with Crippen molar-refractivity contribution in [3.63, 3.8) is 0 Å². The zero-order chi connectivity index (χ0) is 13.3. The molecule has 1 aliphatic rings. The van der Waals surface area contributed by atoms with E-state index in [1.54, 1.807) is 18.2 Å². The van der Waals surface area contributed by atoms with E-state index in [2.05, 4.69) is 5.32 Å². The second-order valence-electron chi connectivity index (χ2n) is 4.95. The molecule has 1 fully saturated rings. The molecule has 96 valence electrons. The molecule has 19 heavy (non-hydrogen) atoms. The third-order valence-corrected chi connectivity index (χ3v) is 3.54. The van der Waals surface area contributed by atoms with Crippen LogP contribution in [0.5, 0.6) is 5.75 Å². The Labute approximate surface area is 111 Å². The molecule has 0 aromatic heterocycles. The van der Waals surface area contributed by atoms with Gasteiger partial charge in [0.05, 0.1) is 5.54 Å². The molecule has 3 rings (SSSR count). The van der Waals surface area contributed by atoms with Crippen LogP contribution in [0.3, 0.4) is 0 Å². The van der Waals surface area contributed by atoms with Crippen LogP contribution in [0, 0.1) is 0 Å². The van der Waals surface area contributed by atoms with Crippen molar-refractivity contribution in [3.05, 3.63) is 65.7 Å². The minimum atomic E-state index is -0.218. The van der Waals surface area contributed by atoms with Gasteiger partial charge in [0.1, 0.15) is 5.75 Å². The van der Waals surface area contributed by atoms with E-state index in [1.807, 2.05) is 30.3 Å². The highest BCUT2D eigenvalue weighted by Crippen LogP contribution is 2.45. The number of hydrogen-bond acceptors (Lipinski definition) is 2. The molecule has 0 unspecified atom stereocenters. The van der Waals surface area contributed by atoms with Crippen LogP contribution in [-0.2, 0) is 5.54 Å². The molecule has 0 bridgehead atoms. The number of benzene rings is 2. The van der Waals surface area contributed by atoms with E-state index in [9.17, 15) is 9.90 Å². The molecule has 2 aromatic rings. The van der Waals surface area contributed by atoms with E-state index in [1.165, 1.54) is 6.07 Å². The fourth-order valence-corrected chi connectivity index (χ4v) is 2.30. The quantitative estimate of drug-likeness (QED) is 0.883. The molecule has 0 saturated heterocycles. The zero-order valence-electron chi connectivity index (χ0n) is 10.5. The third kappa shape index (κ3) is 2.32. The summed E-state index contributed by atoms with van der Waals surface area (Å²) in [6.07, 6.45) is 1.92. The first kappa shape index (κ1) is 11.8. The SMILES string of the molecule is O=C(NC1(c2ccccc2)CC1)c1cccc(O)c1. The lowest BCUT2D eigenvalue weighted by molar-refractivity contribution is 0.0930. The summed E-state index contributed by atoms with van der Waals surface area (Å²) in [7, 11) is 0. The molecule has 1 amide bonds. The van der Waals surface area contributed by atoms with Gasteiger partial charge in [0, 0.05) is 5.56 Å². The molecular formula is C16H15NO2. The lowest BCUT2D eigenvalue weighted by atomic mass is 10.0.